The van der Waals surface area contributed by atoms with E-state index in [0.717, 1.165) is 12.8 Å². The van der Waals surface area contributed by atoms with Gasteiger partial charge in [0.1, 0.15) is 0 Å². The molecule has 0 amide bonds. The van der Waals surface area contributed by atoms with Crippen LogP contribution in [0.3, 0.4) is 0 Å². The minimum Gasteiger partial charge on any atom is -0.381 e. The zero-order valence-corrected chi connectivity index (χ0v) is 3.57. The average Bonchev–Trinajstić information content (AvgIpc) is 1.72. The van der Waals surface area contributed by atoms with Gasteiger partial charge in [-0.3, -0.25) is 0 Å². The van der Waals surface area contributed by atoms with Gasteiger partial charge in [0.2, 0.25) is 0 Å². The molecule has 1 heterocycles. The smallest absolute Gasteiger partial charge is 0.0878 e. The molecule has 6 heavy (non-hydrogen) atoms. The van der Waals surface area contributed by atoms with E-state index >= 15 is 0 Å². The molecule has 1 rings (SSSR count). The van der Waals surface area contributed by atoms with Crippen molar-refractivity contribution in [1.29, 1.82) is 0 Å². The Labute approximate surface area is 38.1 Å². The Balaban J connectivity index is 2.26. The molecular weight excluding hydrogens is 74.1 g/mol. The van der Waals surface area contributed by atoms with Crippen molar-refractivity contribution in [3.05, 3.63) is 18.8 Å². The number of nitrogens with one attached hydrogen (secondary N) is 1. The second-order valence-electron chi connectivity index (χ2n) is 1.26. The molecule has 0 aromatic heterocycles. The van der Waals surface area contributed by atoms with E-state index in [9.17, 15) is 0 Å². The lowest BCUT2D eigenvalue weighted by Crippen LogP contribution is -2.02. The summed E-state index contributed by atoms with van der Waals surface area (Å²) in [6.07, 6.45) is 6.20. The summed E-state index contributed by atoms with van der Waals surface area (Å²) >= 11 is 0. The lowest BCUT2D eigenvalue weighted by Gasteiger charge is -2.00. The zero-order chi connectivity index (χ0) is 4.24. The van der Waals surface area contributed by atoms with Gasteiger partial charge in [-0.05, 0) is 19.0 Å². The van der Waals surface area contributed by atoms with Crippen LogP contribution in [0.25, 0.3) is 0 Å². The van der Waals surface area contributed by atoms with Crippen LogP contribution in [-0.4, -0.2) is 0 Å². The van der Waals surface area contributed by atoms with E-state index in [4.69, 9.17) is 0 Å². The Morgan fingerprint density at radius 3 is 2.83 bits per heavy atom. The predicted molar refractivity (Wildman–Crippen MR) is 24.8 cm³/mol. The van der Waals surface area contributed by atoms with Crippen LogP contribution in [0.5, 0.6) is 0 Å². The minimum atomic E-state index is 1.05. The Kier molecular flexibility index (Phi) is 1.15. The van der Waals surface area contributed by atoms with Crippen LogP contribution in [0, 0.1) is 6.54 Å². The van der Waals surface area contributed by atoms with Gasteiger partial charge in [0.15, 0.2) is 0 Å². The molecule has 0 saturated heterocycles. The molecule has 2 radical (unpaired) electrons. The van der Waals surface area contributed by atoms with Gasteiger partial charge in [0.25, 0.3) is 0 Å². The number of hydrogen-bond donors (Lipinski definition) is 1. The summed E-state index contributed by atoms with van der Waals surface area (Å²) in [6, 6.07) is 0. The molecule has 0 spiro atoms. The van der Waals surface area contributed by atoms with Crippen molar-refractivity contribution in [3.8, 4) is 0 Å². The van der Waals surface area contributed by atoms with Crippen LogP contribution < -0.4 is 5.32 Å². The minimum absolute atomic E-state index is 1.05. The molecular formula is C5H7N. The van der Waals surface area contributed by atoms with Crippen molar-refractivity contribution >= 4 is 0 Å². The van der Waals surface area contributed by atoms with Gasteiger partial charge in [0, 0.05) is 0 Å². The Morgan fingerprint density at radius 2 is 2.67 bits per heavy atom. The molecule has 1 aliphatic heterocycles. The van der Waals surface area contributed by atoms with E-state index in [1.807, 2.05) is 6.20 Å². The topological polar surface area (TPSA) is 12.0 Å². The summed E-state index contributed by atoms with van der Waals surface area (Å²) in [4.78, 5) is 0. The number of rotatable bonds is 0. The second-order valence-corrected chi connectivity index (χ2v) is 1.26. The van der Waals surface area contributed by atoms with Gasteiger partial charge in [-0.15, -0.1) is 0 Å². The molecule has 0 aromatic carbocycles. The lowest BCUT2D eigenvalue weighted by atomic mass is 10.2. The SMILES string of the molecule is [C]1CCC=CN1. The van der Waals surface area contributed by atoms with Gasteiger partial charge in [-0.25, -0.2) is 0 Å². The molecule has 32 valence electrons. The first-order valence-electron chi connectivity index (χ1n) is 2.13. The fourth-order valence-corrected chi connectivity index (χ4v) is 0.429. The monoisotopic (exact) mass is 81.1 g/mol. The third-order valence-corrected chi connectivity index (χ3v) is 0.739. The molecule has 1 nitrogen and oxygen atoms in total. The molecule has 0 bridgehead atoms. The highest BCUT2D eigenvalue weighted by Crippen LogP contribution is 1.96. The largest absolute Gasteiger partial charge is 0.381 e. The normalized spacial score (nSPS) is 20.0. The van der Waals surface area contributed by atoms with E-state index in [1.54, 1.807) is 0 Å². The maximum Gasteiger partial charge on any atom is 0.0878 e. The fraction of sp³-hybridized carbons (Fsp3) is 0.400. The van der Waals surface area contributed by atoms with E-state index in [0.29, 0.717) is 0 Å². The molecule has 0 aliphatic carbocycles. The second kappa shape index (κ2) is 1.85. The summed E-state index contributed by atoms with van der Waals surface area (Å²) in [5, 5.41) is 2.85. The van der Waals surface area contributed by atoms with Crippen LogP contribution in [0.15, 0.2) is 12.3 Å². The average molecular weight is 81.1 g/mol. The lowest BCUT2D eigenvalue weighted by molar-refractivity contribution is 0.830. The molecule has 1 heteroatoms. The van der Waals surface area contributed by atoms with Gasteiger partial charge < -0.3 is 5.32 Å². The predicted octanol–water partition coefficient (Wildman–Crippen LogP) is 0.922. The molecule has 1 aliphatic rings. The highest BCUT2D eigenvalue weighted by Gasteiger charge is 1.86. The Bertz CT molecular complexity index is 49.0. The van der Waals surface area contributed by atoms with Crippen molar-refractivity contribution in [2.24, 2.45) is 0 Å². The molecule has 0 aromatic rings. The summed E-state index contributed by atoms with van der Waals surface area (Å²) in [5.41, 5.74) is 0. The first-order chi connectivity index (χ1) is 3.00. The van der Waals surface area contributed by atoms with Crippen LogP contribution in [0.1, 0.15) is 12.8 Å². The van der Waals surface area contributed by atoms with Crippen molar-refractivity contribution < 1.29 is 0 Å². The molecule has 0 fully saturated rings. The first kappa shape index (κ1) is 3.72. The van der Waals surface area contributed by atoms with Crippen LogP contribution in [-0.2, 0) is 0 Å². The van der Waals surface area contributed by atoms with Crippen molar-refractivity contribution in [2.45, 2.75) is 12.8 Å². The zero-order valence-electron chi connectivity index (χ0n) is 3.57. The third kappa shape index (κ3) is 0.744. The van der Waals surface area contributed by atoms with Crippen LogP contribution in [0.4, 0.5) is 0 Å². The molecule has 0 unspecified atom stereocenters. The quantitative estimate of drug-likeness (QED) is 0.457. The van der Waals surface area contributed by atoms with Crippen molar-refractivity contribution in [2.75, 3.05) is 0 Å². The maximum atomic E-state index is 2.95. The first-order valence-corrected chi connectivity index (χ1v) is 2.13. The summed E-state index contributed by atoms with van der Waals surface area (Å²) in [5.74, 6) is 0. The third-order valence-electron chi connectivity index (χ3n) is 0.739. The Hall–Kier alpha value is -0.460. The molecule has 1 N–H and O–H groups in total. The standard InChI is InChI=1S/C5H7N/c1-2-4-6-5-3-1/h2,4,6H,1,3H2. The summed E-state index contributed by atoms with van der Waals surface area (Å²) < 4.78 is 0. The van der Waals surface area contributed by atoms with E-state index in [1.165, 1.54) is 0 Å². The van der Waals surface area contributed by atoms with Gasteiger partial charge in [-0.1, -0.05) is 6.08 Å². The fourth-order valence-electron chi connectivity index (χ4n) is 0.429. The van der Waals surface area contributed by atoms with E-state index in [-0.39, 0.29) is 0 Å². The van der Waals surface area contributed by atoms with Crippen LogP contribution >= 0.6 is 0 Å². The molecule has 0 atom stereocenters. The van der Waals surface area contributed by atoms with E-state index < -0.39 is 0 Å². The van der Waals surface area contributed by atoms with Crippen LogP contribution in [0.2, 0.25) is 0 Å². The molecule has 0 saturated carbocycles. The van der Waals surface area contributed by atoms with E-state index in [2.05, 4.69) is 17.9 Å². The number of hydrogen-bond acceptors (Lipinski definition) is 1. The Morgan fingerprint density at radius 1 is 1.67 bits per heavy atom. The summed E-state index contributed by atoms with van der Waals surface area (Å²) in [6.45, 7) is 2.95. The number of allylic oxidation sites excluding steroid dienone is 1. The maximum absolute atomic E-state index is 2.95. The van der Waals surface area contributed by atoms with Crippen molar-refractivity contribution in [1.82, 2.24) is 5.32 Å². The highest BCUT2D eigenvalue weighted by atomic mass is 14.8. The van der Waals surface area contributed by atoms with Gasteiger partial charge in [-0.2, -0.15) is 0 Å². The van der Waals surface area contributed by atoms with Crippen molar-refractivity contribution in [3.63, 3.8) is 0 Å². The van der Waals surface area contributed by atoms with Gasteiger partial charge in [0.05, 0.1) is 6.54 Å². The highest BCUT2D eigenvalue weighted by molar-refractivity contribution is 4.89. The summed E-state index contributed by atoms with van der Waals surface area (Å²) in [7, 11) is 0. The van der Waals surface area contributed by atoms with Gasteiger partial charge >= 0.3 is 0 Å².